The van der Waals surface area contributed by atoms with Gasteiger partial charge in [-0.15, -0.1) is 0 Å². The molecule has 1 aliphatic heterocycles. The van der Waals surface area contributed by atoms with E-state index in [1.165, 1.54) is 12.1 Å². The number of halogens is 1. The van der Waals surface area contributed by atoms with Gasteiger partial charge in [0.25, 0.3) is 5.91 Å². The Morgan fingerprint density at radius 1 is 0.939 bits per heavy atom. The van der Waals surface area contributed by atoms with Crippen molar-refractivity contribution >= 4 is 23.1 Å². The normalized spacial score (nSPS) is 19.3. The fraction of sp³-hybridized carbons (Fsp3) is 0.214. The predicted octanol–water partition coefficient (Wildman–Crippen LogP) is 6.28. The Balaban J connectivity index is 1.79. The highest BCUT2D eigenvalue weighted by Crippen LogP contribution is 2.48. The van der Waals surface area contributed by atoms with Gasteiger partial charge in [0.2, 0.25) is 0 Å². The van der Waals surface area contributed by atoms with Gasteiger partial charge in [-0.2, -0.15) is 0 Å². The molecule has 3 aromatic carbocycles. The van der Waals surface area contributed by atoms with Crippen LogP contribution < -0.4 is 10.2 Å². The smallest absolute Gasteiger partial charge is 0.259 e. The van der Waals surface area contributed by atoms with Gasteiger partial charge < -0.3 is 5.32 Å². The van der Waals surface area contributed by atoms with E-state index < -0.39 is 6.04 Å². The summed E-state index contributed by atoms with van der Waals surface area (Å²) in [6.45, 7) is 4.15. The first-order chi connectivity index (χ1) is 15.8. The minimum atomic E-state index is -0.673. The van der Waals surface area contributed by atoms with E-state index in [4.69, 9.17) is 0 Å². The number of anilines is 2. The van der Waals surface area contributed by atoms with Crippen LogP contribution in [0.1, 0.15) is 48.7 Å². The number of hydrogen-bond donors (Lipinski definition) is 1. The van der Waals surface area contributed by atoms with Crippen LogP contribution in [0.5, 0.6) is 0 Å². The molecule has 33 heavy (non-hydrogen) atoms. The third kappa shape index (κ3) is 3.84. The van der Waals surface area contributed by atoms with E-state index in [1.54, 1.807) is 29.2 Å². The number of benzene rings is 3. The summed E-state index contributed by atoms with van der Waals surface area (Å²) in [5.41, 5.74) is 3.85. The lowest BCUT2D eigenvalue weighted by molar-refractivity contribution is -0.118. The van der Waals surface area contributed by atoms with Crippen LogP contribution in [0.4, 0.5) is 15.8 Å². The van der Waals surface area contributed by atoms with Crippen molar-refractivity contribution in [3.8, 4) is 0 Å². The van der Waals surface area contributed by atoms with Crippen LogP contribution in [-0.2, 0) is 4.79 Å². The quantitative estimate of drug-likeness (QED) is 0.510. The van der Waals surface area contributed by atoms with Gasteiger partial charge in [-0.25, -0.2) is 4.39 Å². The predicted molar refractivity (Wildman–Crippen MR) is 128 cm³/mol. The molecule has 0 fully saturated rings. The first kappa shape index (κ1) is 21.1. The van der Waals surface area contributed by atoms with Gasteiger partial charge in [-0.05, 0) is 53.8 Å². The molecular weight excluding hydrogens is 415 g/mol. The second-order valence-electron chi connectivity index (χ2n) is 9.47. The Morgan fingerprint density at radius 3 is 2.33 bits per heavy atom. The summed E-state index contributed by atoms with van der Waals surface area (Å²) in [4.78, 5) is 29.2. The Bertz CT molecular complexity index is 1260. The fourth-order valence-electron chi connectivity index (χ4n) is 4.89. The zero-order chi connectivity index (χ0) is 23.2. The van der Waals surface area contributed by atoms with E-state index in [1.807, 2.05) is 42.5 Å². The van der Waals surface area contributed by atoms with E-state index in [0.717, 1.165) is 11.4 Å². The molecule has 1 heterocycles. The average molecular weight is 441 g/mol. The molecule has 5 heteroatoms. The van der Waals surface area contributed by atoms with E-state index in [0.29, 0.717) is 35.2 Å². The third-order valence-electron chi connectivity index (χ3n) is 6.33. The topological polar surface area (TPSA) is 49.4 Å². The highest BCUT2D eigenvalue weighted by atomic mass is 19.1. The number of nitrogens with one attached hydrogen (secondary N) is 1. The van der Waals surface area contributed by atoms with Crippen LogP contribution in [0.2, 0.25) is 0 Å². The number of para-hydroxylation sites is 2. The lowest BCUT2D eigenvalue weighted by atomic mass is 9.73. The van der Waals surface area contributed by atoms with Crippen molar-refractivity contribution in [2.45, 2.75) is 32.7 Å². The maximum absolute atomic E-state index is 14.0. The molecule has 0 bridgehead atoms. The summed E-state index contributed by atoms with van der Waals surface area (Å²) < 4.78 is 13.8. The second-order valence-corrected chi connectivity index (χ2v) is 9.47. The van der Waals surface area contributed by atoms with Gasteiger partial charge in [0.1, 0.15) is 5.82 Å². The van der Waals surface area contributed by atoms with Gasteiger partial charge in [0, 0.05) is 23.3 Å². The zero-order valence-corrected chi connectivity index (χ0v) is 18.6. The molecule has 4 nitrogen and oxygen atoms in total. The number of rotatable bonds is 2. The monoisotopic (exact) mass is 440 g/mol. The number of nitrogens with zero attached hydrogens (tertiary/aromatic N) is 1. The van der Waals surface area contributed by atoms with Gasteiger partial charge in [0.05, 0.1) is 17.4 Å². The molecule has 3 aromatic rings. The standard InChI is InChI=1S/C28H25FN2O2/c1-28(2)16-22-25(24(32)17-28)26(18-12-14-20(29)15-13-18)31(23-11-7-6-10-21(23)30-22)27(33)19-8-4-3-5-9-19/h3-15,26,30H,16-17H2,1-2H3/t26-/m1/s1. The van der Waals surface area contributed by atoms with Crippen molar-refractivity contribution in [3.05, 3.63) is 107 Å². The highest BCUT2D eigenvalue weighted by Gasteiger charge is 2.43. The fourth-order valence-corrected chi connectivity index (χ4v) is 4.89. The van der Waals surface area contributed by atoms with Crippen LogP contribution in [0, 0.1) is 11.2 Å². The Hall–Kier alpha value is -3.73. The molecule has 5 rings (SSSR count). The molecule has 0 unspecified atom stereocenters. The molecule has 1 amide bonds. The number of amides is 1. The number of carbonyl (C=O) groups excluding carboxylic acids is 2. The molecule has 0 saturated heterocycles. The summed E-state index contributed by atoms with van der Waals surface area (Å²) in [5.74, 6) is -0.579. The summed E-state index contributed by atoms with van der Waals surface area (Å²) in [6.07, 6.45) is 1.06. The number of fused-ring (bicyclic) bond motifs is 1. The Labute approximate surface area is 192 Å². The van der Waals surface area contributed by atoms with E-state index >= 15 is 0 Å². The maximum atomic E-state index is 14.0. The van der Waals surface area contributed by atoms with E-state index in [-0.39, 0.29) is 22.9 Å². The van der Waals surface area contributed by atoms with Crippen LogP contribution in [0.15, 0.2) is 90.1 Å². The van der Waals surface area contributed by atoms with Crippen molar-refractivity contribution in [2.24, 2.45) is 5.41 Å². The maximum Gasteiger partial charge on any atom is 0.259 e. The Morgan fingerprint density at radius 2 is 1.61 bits per heavy atom. The highest BCUT2D eigenvalue weighted by molar-refractivity contribution is 6.12. The van der Waals surface area contributed by atoms with Crippen molar-refractivity contribution in [3.63, 3.8) is 0 Å². The molecule has 0 spiro atoms. The molecule has 166 valence electrons. The van der Waals surface area contributed by atoms with E-state index in [2.05, 4.69) is 19.2 Å². The van der Waals surface area contributed by atoms with Gasteiger partial charge in [-0.1, -0.05) is 56.3 Å². The summed E-state index contributed by atoms with van der Waals surface area (Å²) in [7, 11) is 0. The summed E-state index contributed by atoms with van der Waals surface area (Å²) in [6, 6.07) is 22.0. The van der Waals surface area contributed by atoms with Crippen molar-refractivity contribution in [2.75, 3.05) is 10.2 Å². The van der Waals surface area contributed by atoms with Gasteiger partial charge in [-0.3, -0.25) is 14.5 Å². The largest absolute Gasteiger partial charge is 0.357 e. The number of carbonyl (C=O) groups is 2. The molecule has 1 N–H and O–H groups in total. The molecule has 1 aliphatic carbocycles. The molecule has 0 saturated carbocycles. The number of Topliss-reactive ketones (excluding diaryl/α,β-unsaturated/α-hetero) is 1. The molecule has 0 aromatic heterocycles. The van der Waals surface area contributed by atoms with Crippen molar-refractivity contribution in [1.29, 1.82) is 0 Å². The number of ketones is 1. The van der Waals surface area contributed by atoms with Crippen LogP contribution in [0.3, 0.4) is 0 Å². The minimum absolute atomic E-state index is 0.00161. The van der Waals surface area contributed by atoms with Crippen molar-refractivity contribution < 1.29 is 14.0 Å². The molecule has 0 radical (unpaired) electrons. The second kappa shape index (κ2) is 8.00. The van der Waals surface area contributed by atoms with E-state index in [9.17, 15) is 14.0 Å². The van der Waals surface area contributed by atoms with Crippen molar-refractivity contribution in [1.82, 2.24) is 0 Å². The SMILES string of the molecule is CC1(C)CC(=O)C2=C(C1)Nc1ccccc1N(C(=O)c1ccccc1)[C@@H]2c1ccc(F)cc1. The molecule has 2 aliphatic rings. The number of hydrogen-bond acceptors (Lipinski definition) is 3. The first-order valence-corrected chi connectivity index (χ1v) is 11.1. The summed E-state index contributed by atoms with van der Waals surface area (Å²) in [5, 5.41) is 3.49. The number of allylic oxidation sites excluding steroid dienone is 1. The molecular formula is C28H25FN2O2. The van der Waals surface area contributed by atoms with Gasteiger partial charge in [0.15, 0.2) is 5.78 Å². The zero-order valence-electron chi connectivity index (χ0n) is 18.6. The average Bonchev–Trinajstić information content (AvgIpc) is 2.93. The first-order valence-electron chi connectivity index (χ1n) is 11.1. The third-order valence-corrected chi connectivity index (χ3v) is 6.33. The van der Waals surface area contributed by atoms with Crippen LogP contribution in [0.25, 0.3) is 0 Å². The lowest BCUT2D eigenvalue weighted by Crippen LogP contribution is -2.39. The lowest BCUT2D eigenvalue weighted by Gasteiger charge is -2.37. The van der Waals surface area contributed by atoms with Crippen LogP contribution >= 0.6 is 0 Å². The van der Waals surface area contributed by atoms with Gasteiger partial charge >= 0.3 is 0 Å². The Kier molecular flexibility index (Phi) is 5.12. The van der Waals surface area contributed by atoms with Crippen LogP contribution in [-0.4, -0.2) is 11.7 Å². The molecule has 1 atom stereocenters. The summed E-state index contributed by atoms with van der Waals surface area (Å²) >= 11 is 0. The minimum Gasteiger partial charge on any atom is -0.357 e.